The van der Waals surface area contributed by atoms with Crippen LogP contribution in [0.3, 0.4) is 0 Å². The minimum Gasteiger partial charge on any atom is -0.348 e. The van der Waals surface area contributed by atoms with Crippen LogP contribution in [-0.2, 0) is 9.84 Å². The van der Waals surface area contributed by atoms with Gasteiger partial charge in [0.1, 0.15) is 0 Å². The van der Waals surface area contributed by atoms with Crippen molar-refractivity contribution in [2.24, 2.45) is 0 Å². The molecule has 0 radical (unpaired) electrons. The zero-order valence-corrected chi connectivity index (χ0v) is 12.8. The lowest BCUT2D eigenvalue weighted by Gasteiger charge is -2.11. The van der Waals surface area contributed by atoms with Crippen LogP contribution >= 0.6 is 0 Å². The maximum absolute atomic E-state index is 12.2. The molecule has 0 unspecified atom stereocenters. The van der Waals surface area contributed by atoms with E-state index in [0.29, 0.717) is 12.0 Å². The summed E-state index contributed by atoms with van der Waals surface area (Å²) in [6.07, 6.45) is 0.496. The largest absolute Gasteiger partial charge is 0.348 e. The zero-order chi connectivity index (χ0) is 15.6. The molecule has 22 heavy (non-hydrogen) atoms. The van der Waals surface area contributed by atoms with Crippen molar-refractivity contribution in [3.63, 3.8) is 0 Å². The Kier molecular flexibility index (Phi) is 3.98. The van der Waals surface area contributed by atoms with Crippen molar-refractivity contribution < 1.29 is 13.2 Å². The first kappa shape index (κ1) is 14.8. The van der Waals surface area contributed by atoms with E-state index in [1.807, 2.05) is 42.5 Å². The van der Waals surface area contributed by atoms with E-state index < -0.39 is 9.84 Å². The molecule has 1 aliphatic heterocycles. The number of carbonyl (C=O) groups is 1. The van der Waals surface area contributed by atoms with E-state index in [1.54, 1.807) is 12.1 Å². The normalized spacial score (nSPS) is 19.7. The van der Waals surface area contributed by atoms with Crippen LogP contribution in [0.5, 0.6) is 0 Å². The summed E-state index contributed by atoms with van der Waals surface area (Å²) in [7, 11) is -2.98. The summed E-state index contributed by atoms with van der Waals surface area (Å²) in [5.74, 6) is -0.0205. The summed E-state index contributed by atoms with van der Waals surface area (Å²) < 4.78 is 22.8. The van der Waals surface area contributed by atoms with Crippen molar-refractivity contribution in [1.82, 2.24) is 5.32 Å². The van der Waals surface area contributed by atoms with E-state index in [-0.39, 0.29) is 23.5 Å². The molecule has 1 saturated heterocycles. The van der Waals surface area contributed by atoms with Gasteiger partial charge < -0.3 is 5.32 Å². The van der Waals surface area contributed by atoms with Crippen LogP contribution in [0, 0.1) is 0 Å². The van der Waals surface area contributed by atoms with Crippen LogP contribution in [0.1, 0.15) is 16.8 Å². The summed E-state index contributed by atoms with van der Waals surface area (Å²) in [5.41, 5.74) is 2.68. The second-order valence-corrected chi connectivity index (χ2v) is 7.75. The number of carbonyl (C=O) groups excluding carboxylic acids is 1. The molecule has 2 aromatic rings. The molecule has 0 aromatic heterocycles. The molecule has 1 fully saturated rings. The van der Waals surface area contributed by atoms with Gasteiger partial charge in [0.2, 0.25) is 0 Å². The van der Waals surface area contributed by atoms with Gasteiger partial charge in [0, 0.05) is 11.6 Å². The second kappa shape index (κ2) is 5.93. The summed E-state index contributed by atoms with van der Waals surface area (Å²) >= 11 is 0. The highest BCUT2D eigenvalue weighted by atomic mass is 32.2. The molecule has 1 N–H and O–H groups in total. The van der Waals surface area contributed by atoms with Crippen LogP contribution in [0.15, 0.2) is 54.6 Å². The molecule has 0 spiro atoms. The third-order valence-electron chi connectivity index (χ3n) is 3.82. The molecule has 1 atom stereocenters. The Labute approximate surface area is 130 Å². The van der Waals surface area contributed by atoms with E-state index in [9.17, 15) is 13.2 Å². The lowest BCUT2D eigenvalue weighted by Crippen LogP contribution is -2.35. The number of benzene rings is 2. The standard InChI is InChI=1S/C17H17NO3S/c19-17(18-16-10-11-22(20,21)12-16)15-8-6-14(7-9-15)13-4-2-1-3-5-13/h1-9,16H,10-12H2,(H,18,19)/t16-/m0/s1. The maximum Gasteiger partial charge on any atom is 0.251 e. The topological polar surface area (TPSA) is 63.2 Å². The third-order valence-corrected chi connectivity index (χ3v) is 5.59. The van der Waals surface area contributed by atoms with Crippen molar-refractivity contribution in [2.45, 2.75) is 12.5 Å². The quantitative estimate of drug-likeness (QED) is 0.945. The van der Waals surface area contributed by atoms with Gasteiger partial charge in [0.15, 0.2) is 9.84 Å². The molecule has 3 rings (SSSR count). The average Bonchev–Trinajstić information content (AvgIpc) is 2.87. The van der Waals surface area contributed by atoms with Crippen LogP contribution in [-0.4, -0.2) is 31.9 Å². The maximum atomic E-state index is 12.2. The van der Waals surface area contributed by atoms with Gasteiger partial charge in [0.25, 0.3) is 5.91 Å². The van der Waals surface area contributed by atoms with Gasteiger partial charge in [-0.2, -0.15) is 0 Å². The van der Waals surface area contributed by atoms with E-state index in [0.717, 1.165) is 11.1 Å². The predicted molar refractivity (Wildman–Crippen MR) is 86.4 cm³/mol. The van der Waals surface area contributed by atoms with Gasteiger partial charge >= 0.3 is 0 Å². The number of hydrogen-bond acceptors (Lipinski definition) is 3. The molecule has 114 valence electrons. The molecule has 1 aliphatic rings. The lowest BCUT2D eigenvalue weighted by atomic mass is 10.0. The first-order valence-electron chi connectivity index (χ1n) is 7.20. The smallest absolute Gasteiger partial charge is 0.251 e. The number of amides is 1. The molecule has 0 aliphatic carbocycles. The Bertz CT molecular complexity index is 767. The Hall–Kier alpha value is -2.14. The summed E-state index contributed by atoms with van der Waals surface area (Å²) in [4.78, 5) is 12.2. The van der Waals surface area contributed by atoms with Crippen molar-refractivity contribution in [1.29, 1.82) is 0 Å². The summed E-state index contributed by atoms with van der Waals surface area (Å²) in [5, 5.41) is 2.79. The highest BCUT2D eigenvalue weighted by Crippen LogP contribution is 2.19. The first-order chi connectivity index (χ1) is 10.5. The van der Waals surface area contributed by atoms with E-state index in [4.69, 9.17) is 0 Å². The van der Waals surface area contributed by atoms with Crippen LogP contribution in [0.25, 0.3) is 11.1 Å². The Balaban J connectivity index is 1.69. The van der Waals surface area contributed by atoms with Crippen LogP contribution in [0.4, 0.5) is 0 Å². The minimum atomic E-state index is -2.98. The number of hydrogen-bond donors (Lipinski definition) is 1. The first-order valence-corrected chi connectivity index (χ1v) is 9.02. The van der Waals surface area contributed by atoms with Gasteiger partial charge in [-0.15, -0.1) is 0 Å². The van der Waals surface area contributed by atoms with Gasteiger partial charge in [-0.25, -0.2) is 8.42 Å². The van der Waals surface area contributed by atoms with E-state index in [1.165, 1.54) is 0 Å². The van der Waals surface area contributed by atoms with Crippen LogP contribution in [0.2, 0.25) is 0 Å². The molecule has 0 bridgehead atoms. The van der Waals surface area contributed by atoms with Crippen LogP contribution < -0.4 is 5.32 Å². The second-order valence-electron chi connectivity index (χ2n) is 5.52. The fraction of sp³-hybridized carbons (Fsp3) is 0.235. The highest BCUT2D eigenvalue weighted by Gasteiger charge is 2.29. The third kappa shape index (κ3) is 3.36. The zero-order valence-electron chi connectivity index (χ0n) is 12.0. The Morgan fingerprint density at radius 2 is 1.59 bits per heavy atom. The van der Waals surface area contributed by atoms with Crippen molar-refractivity contribution >= 4 is 15.7 Å². The van der Waals surface area contributed by atoms with E-state index in [2.05, 4.69) is 5.32 Å². The van der Waals surface area contributed by atoms with Crippen molar-refractivity contribution in [3.05, 3.63) is 60.2 Å². The molecule has 5 heteroatoms. The van der Waals surface area contributed by atoms with Crippen molar-refractivity contribution in [3.8, 4) is 11.1 Å². The van der Waals surface area contributed by atoms with E-state index >= 15 is 0 Å². The van der Waals surface area contributed by atoms with Crippen molar-refractivity contribution in [2.75, 3.05) is 11.5 Å². The Morgan fingerprint density at radius 3 is 2.18 bits per heavy atom. The molecule has 1 heterocycles. The number of rotatable bonds is 3. The monoisotopic (exact) mass is 315 g/mol. The lowest BCUT2D eigenvalue weighted by molar-refractivity contribution is 0.0941. The molecule has 2 aromatic carbocycles. The van der Waals surface area contributed by atoms with Gasteiger partial charge in [-0.05, 0) is 29.7 Å². The fourth-order valence-electron chi connectivity index (χ4n) is 2.62. The molecule has 0 saturated carbocycles. The number of sulfone groups is 1. The predicted octanol–water partition coefficient (Wildman–Crippen LogP) is 2.27. The molecular weight excluding hydrogens is 298 g/mol. The van der Waals surface area contributed by atoms with Gasteiger partial charge in [-0.1, -0.05) is 42.5 Å². The molecular formula is C17H17NO3S. The highest BCUT2D eigenvalue weighted by molar-refractivity contribution is 7.91. The fourth-order valence-corrected chi connectivity index (χ4v) is 4.30. The Morgan fingerprint density at radius 1 is 0.955 bits per heavy atom. The molecule has 4 nitrogen and oxygen atoms in total. The SMILES string of the molecule is O=C(N[C@H]1CCS(=O)(=O)C1)c1ccc(-c2ccccc2)cc1. The summed E-state index contributed by atoms with van der Waals surface area (Å²) in [6, 6.07) is 17.0. The molecule has 1 amide bonds. The number of nitrogens with one attached hydrogen (secondary N) is 1. The minimum absolute atomic E-state index is 0.0425. The summed E-state index contributed by atoms with van der Waals surface area (Å²) in [6.45, 7) is 0. The van der Waals surface area contributed by atoms with Gasteiger partial charge in [-0.3, -0.25) is 4.79 Å². The van der Waals surface area contributed by atoms with Gasteiger partial charge in [0.05, 0.1) is 11.5 Å². The average molecular weight is 315 g/mol.